The molecule has 0 aliphatic carbocycles. The second kappa shape index (κ2) is 6.02. The Kier molecular flexibility index (Phi) is 3.69. The molecule has 5 heteroatoms. The lowest BCUT2D eigenvalue weighted by atomic mass is 10.0. The minimum atomic E-state index is -0.0615. The first-order valence-electron chi connectivity index (χ1n) is 8.09. The highest BCUT2D eigenvalue weighted by Crippen LogP contribution is 2.27. The molecule has 2 aromatic heterocycles. The third-order valence-electron chi connectivity index (χ3n) is 4.38. The van der Waals surface area contributed by atoms with Crippen LogP contribution in [0.25, 0.3) is 22.0 Å². The van der Waals surface area contributed by atoms with Crippen LogP contribution < -0.4 is 5.32 Å². The van der Waals surface area contributed by atoms with Gasteiger partial charge in [-0.25, -0.2) is 4.98 Å². The van der Waals surface area contributed by atoms with Crippen molar-refractivity contribution in [3.8, 4) is 0 Å². The van der Waals surface area contributed by atoms with Gasteiger partial charge in [0.2, 0.25) is 5.91 Å². The number of carbonyl (C=O) groups is 1. The van der Waals surface area contributed by atoms with E-state index in [0.29, 0.717) is 0 Å². The molecule has 0 bridgehead atoms. The Morgan fingerprint density at radius 3 is 2.92 bits per heavy atom. The van der Waals surface area contributed by atoms with Gasteiger partial charge >= 0.3 is 0 Å². The second-order valence-electron chi connectivity index (χ2n) is 6.14. The first-order chi connectivity index (χ1) is 12.1. The molecule has 0 fully saturated rings. The average Bonchev–Trinajstić information content (AvgIpc) is 3.07. The van der Waals surface area contributed by atoms with Crippen LogP contribution in [0.2, 0.25) is 0 Å². The minimum Gasteiger partial charge on any atom is -0.443 e. The Morgan fingerprint density at radius 2 is 2.04 bits per heavy atom. The van der Waals surface area contributed by atoms with Crippen molar-refractivity contribution in [2.24, 2.45) is 0 Å². The van der Waals surface area contributed by atoms with Gasteiger partial charge in [-0.1, -0.05) is 12.1 Å². The van der Waals surface area contributed by atoms with Gasteiger partial charge in [0.1, 0.15) is 5.52 Å². The summed E-state index contributed by atoms with van der Waals surface area (Å²) in [6.07, 6.45) is 3.48. The second-order valence-corrected chi connectivity index (χ2v) is 6.14. The highest BCUT2D eigenvalue weighted by atomic mass is 16.3. The molecular formula is C20H17N3O2. The van der Waals surface area contributed by atoms with E-state index in [2.05, 4.69) is 15.3 Å². The molecule has 1 amide bonds. The normalized spacial score (nSPS) is 11.1. The summed E-state index contributed by atoms with van der Waals surface area (Å²) in [5.41, 5.74) is 6.23. The van der Waals surface area contributed by atoms with Crippen LogP contribution in [-0.4, -0.2) is 15.9 Å². The SMILES string of the molecule is Cc1c(NC(=O)Cc2ccc3ocnc3c2)cc(C)c2ncccc12. The summed E-state index contributed by atoms with van der Waals surface area (Å²) in [5.74, 6) is -0.0615. The van der Waals surface area contributed by atoms with E-state index >= 15 is 0 Å². The molecule has 0 radical (unpaired) electrons. The maximum atomic E-state index is 12.5. The Balaban J connectivity index is 1.60. The van der Waals surface area contributed by atoms with Crippen molar-refractivity contribution in [3.63, 3.8) is 0 Å². The summed E-state index contributed by atoms with van der Waals surface area (Å²) in [7, 11) is 0. The molecule has 5 nitrogen and oxygen atoms in total. The summed E-state index contributed by atoms with van der Waals surface area (Å²) in [4.78, 5) is 21.0. The molecule has 0 aliphatic heterocycles. The van der Waals surface area contributed by atoms with E-state index in [1.807, 2.05) is 50.2 Å². The van der Waals surface area contributed by atoms with Crippen LogP contribution in [0.5, 0.6) is 0 Å². The molecule has 0 saturated heterocycles. The largest absolute Gasteiger partial charge is 0.443 e. The van der Waals surface area contributed by atoms with Gasteiger partial charge in [-0.15, -0.1) is 0 Å². The van der Waals surface area contributed by atoms with Gasteiger partial charge in [-0.2, -0.15) is 0 Å². The number of pyridine rings is 1. The van der Waals surface area contributed by atoms with Crippen molar-refractivity contribution in [3.05, 3.63) is 65.7 Å². The number of nitrogens with one attached hydrogen (secondary N) is 1. The van der Waals surface area contributed by atoms with Crippen LogP contribution in [0.15, 0.2) is 53.4 Å². The number of hydrogen-bond acceptors (Lipinski definition) is 4. The zero-order chi connectivity index (χ0) is 17.4. The van der Waals surface area contributed by atoms with Gasteiger partial charge in [0.25, 0.3) is 0 Å². The number of rotatable bonds is 3. The number of fused-ring (bicyclic) bond motifs is 2. The molecule has 124 valence electrons. The first-order valence-corrected chi connectivity index (χ1v) is 8.09. The number of amides is 1. The van der Waals surface area contributed by atoms with Gasteiger partial charge in [-0.05, 0) is 54.8 Å². The molecule has 0 unspecified atom stereocenters. The quantitative estimate of drug-likeness (QED) is 0.611. The maximum absolute atomic E-state index is 12.5. The molecule has 0 aliphatic rings. The van der Waals surface area contributed by atoms with Crippen molar-refractivity contribution >= 4 is 33.6 Å². The van der Waals surface area contributed by atoms with Crippen LogP contribution >= 0.6 is 0 Å². The molecule has 1 N–H and O–H groups in total. The van der Waals surface area contributed by atoms with Gasteiger partial charge in [0, 0.05) is 17.3 Å². The lowest BCUT2D eigenvalue weighted by Gasteiger charge is -2.13. The predicted octanol–water partition coefficient (Wildman–Crippen LogP) is 4.17. The fourth-order valence-electron chi connectivity index (χ4n) is 3.08. The first kappa shape index (κ1) is 15.3. The zero-order valence-electron chi connectivity index (χ0n) is 14.0. The van der Waals surface area contributed by atoms with E-state index in [-0.39, 0.29) is 12.3 Å². The number of nitrogens with zero attached hydrogens (tertiary/aromatic N) is 2. The van der Waals surface area contributed by atoms with Crippen LogP contribution in [0.1, 0.15) is 16.7 Å². The molecular weight excluding hydrogens is 314 g/mol. The van der Waals surface area contributed by atoms with Crippen LogP contribution in [0.3, 0.4) is 0 Å². The maximum Gasteiger partial charge on any atom is 0.228 e. The fourth-order valence-corrected chi connectivity index (χ4v) is 3.08. The van der Waals surface area contributed by atoms with Crippen molar-refractivity contribution in [1.82, 2.24) is 9.97 Å². The van der Waals surface area contributed by atoms with Gasteiger partial charge in [0.15, 0.2) is 12.0 Å². The topological polar surface area (TPSA) is 68.0 Å². The lowest BCUT2D eigenvalue weighted by molar-refractivity contribution is -0.115. The Morgan fingerprint density at radius 1 is 1.16 bits per heavy atom. The average molecular weight is 331 g/mol. The van der Waals surface area contributed by atoms with E-state index in [4.69, 9.17) is 4.42 Å². The van der Waals surface area contributed by atoms with Crippen molar-refractivity contribution in [2.75, 3.05) is 5.32 Å². The highest BCUT2D eigenvalue weighted by Gasteiger charge is 2.11. The molecule has 25 heavy (non-hydrogen) atoms. The number of carbonyl (C=O) groups excluding carboxylic acids is 1. The standard InChI is InChI=1S/C20H17N3O2/c1-12-8-16(13(2)15-4-3-7-21-20(12)15)23-19(24)10-14-5-6-18-17(9-14)22-11-25-18/h3-9,11H,10H2,1-2H3,(H,23,24). The molecule has 4 rings (SSSR count). The third kappa shape index (κ3) is 2.85. The predicted molar refractivity (Wildman–Crippen MR) is 97.6 cm³/mol. The van der Waals surface area contributed by atoms with E-state index in [0.717, 1.165) is 44.4 Å². The van der Waals surface area contributed by atoms with Crippen LogP contribution in [-0.2, 0) is 11.2 Å². The van der Waals surface area contributed by atoms with Crippen molar-refractivity contribution < 1.29 is 9.21 Å². The molecule has 2 heterocycles. The molecule has 0 saturated carbocycles. The van der Waals surface area contributed by atoms with E-state index < -0.39 is 0 Å². The molecule has 2 aromatic carbocycles. The van der Waals surface area contributed by atoms with E-state index in [1.54, 1.807) is 6.20 Å². The lowest BCUT2D eigenvalue weighted by Crippen LogP contribution is -2.15. The monoisotopic (exact) mass is 331 g/mol. The zero-order valence-corrected chi connectivity index (χ0v) is 14.0. The molecule has 0 spiro atoms. The number of benzene rings is 2. The fraction of sp³-hybridized carbons (Fsp3) is 0.150. The number of anilines is 1. The smallest absolute Gasteiger partial charge is 0.228 e. The van der Waals surface area contributed by atoms with Crippen molar-refractivity contribution in [2.45, 2.75) is 20.3 Å². The van der Waals surface area contributed by atoms with Gasteiger partial charge in [-0.3, -0.25) is 9.78 Å². The summed E-state index contributed by atoms with van der Waals surface area (Å²) in [6, 6.07) is 11.5. The Labute approximate surface area is 144 Å². The molecule has 0 atom stereocenters. The Bertz CT molecular complexity index is 1100. The van der Waals surface area contributed by atoms with Gasteiger partial charge in [0.05, 0.1) is 11.9 Å². The van der Waals surface area contributed by atoms with Crippen molar-refractivity contribution in [1.29, 1.82) is 0 Å². The Hall–Kier alpha value is -3.21. The summed E-state index contributed by atoms with van der Waals surface area (Å²) in [6.45, 7) is 4.00. The summed E-state index contributed by atoms with van der Waals surface area (Å²) < 4.78 is 5.23. The van der Waals surface area contributed by atoms with E-state index in [9.17, 15) is 4.79 Å². The van der Waals surface area contributed by atoms with Crippen LogP contribution in [0.4, 0.5) is 5.69 Å². The van der Waals surface area contributed by atoms with Gasteiger partial charge < -0.3 is 9.73 Å². The molecule has 4 aromatic rings. The van der Waals surface area contributed by atoms with Crippen LogP contribution in [0, 0.1) is 13.8 Å². The summed E-state index contributed by atoms with van der Waals surface area (Å²) >= 11 is 0. The summed E-state index contributed by atoms with van der Waals surface area (Å²) in [5, 5.41) is 4.08. The number of aryl methyl sites for hydroxylation is 2. The number of oxazole rings is 1. The minimum absolute atomic E-state index is 0.0615. The number of hydrogen-bond donors (Lipinski definition) is 1. The van der Waals surface area contributed by atoms with E-state index in [1.165, 1.54) is 6.39 Å². The highest BCUT2D eigenvalue weighted by molar-refractivity contribution is 5.98. The third-order valence-corrected chi connectivity index (χ3v) is 4.38. The number of aromatic nitrogens is 2.